The summed E-state index contributed by atoms with van der Waals surface area (Å²) in [6, 6.07) is 26.7. The van der Waals surface area contributed by atoms with Crippen LogP contribution in [0.25, 0.3) is 0 Å². The van der Waals surface area contributed by atoms with Gasteiger partial charge in [0.1, 0.15) is 22.7 Å². The van der Waals surface area contributed by atoms with Gasteiger partial charge in [-0.15, -0.1) is 0 Å². The van der Waals surface area contributed by atoms with Gasteiger partial charge in [0.25, 0.3) is 0 Å². The zero-order chi connectivity index (χ0) is 24.1. The summed E-state index contributed by atoms with van der Waals surface area (Å²) in [5, 5.41) is 0. The number of rotatable bonds is 7. The number of benzene rings is 3. The Bertz CT molecular complexity index is 1010. The highest BCUT2D eigenvalue weighted by Gasteiger charge is 2.30. The van der Waals surface area contributed by atoms with Crippen molar-refractivity contribution in [2.45, 2.75) is 67.4 Å². The van der Waals surface area contributed by atoms with Crippen LogP contribution in [-0.2, 0) is 20.4 Å². The summed E-state index contributed by atoms with van der Waals surface area (Å²) in [7, 11) is -0.370. The number of carbonyl (C=O) groups is 1. The lowest BCUT2D eigenvalue weighted by molar-refractivity contribution is -0.157. The molecular weight excluding hydrogens is 432 g/mol. The molecule has 3 rings (SSSR count). The number of ether oxygens (including phenoxy) is 3. The number of carbonyl (C=O) groups excluding carboxylic acids is 1. The highest BCUT2D eigenvalue weighted by atomic mass is 32.2. The fourth-order valence-electron chi connectivity index (χ4n) is 3.19. The van der Waals surface area contributed by atoms with Crippen LogP contribution < -0.4 is 9.47 Å². The van der Waals surface area contributed by atoms with Gasteiger partial charge in [-0.3, -0.25) is 0 Å². The first-order valence-electron chi connectivity index (χ1n) is 11.0. The molecule has 0 radical (unpaired) electrons. The van der Waals surface area contributed by atoms with Crippen LogP contribution in [0.1, 0.15) is 41.5 Å². The Labute approximate surface area is 200 Å². The van der Waals surface area contributed by atoms with E-state index in [2.05, 4.69) is 30.3 Å². The third-order valence-corrected chi connectivity index (χ3v) is 6.44. The van der Waals surface area contributed by atoms with Crippen LogP contribution in [0.15, 0.2) is 93.5 Å². The molecule has 0 aromatic heterocycles. The van der Waals surface area contributed by atoms with E-state index in [0.717, 1.165) is 4.90 Å². The minimum Gasteiger partial charge on any atom is -0.488 e. The van der Waals surface area contributed by atoms with Crippen molar-refractivity contribution >= 4 is 16.9 Å². The van der Waals surface area contributed by atoms with Gasteiger partial charge in [0.05, 0.1) is 10.9 Å². The van der Waals surface area contributed by atoms with Crippen molar-refractivity contribution in [2.24, 2.45) is 0 Å². The predicted octanol–water partition coefficient (Wildman–Crippen LogP) is 6.68. The Hall–Kier alpha value is -2.92. The Morgan fingerprint density at radius 2 is 1.21 bits per heavy atom. The normalized spacial score (nSPS) is 11.8. The number of esters is 1. The van der Waals surface area contributed by atoms with Gasteiger partial charge in [-0.25, -0.2) is 4.79 Å². The summed E-state index contributed by atoms with van der Waals surface area (Å²) < 4.78 is 17.5. The second kappa shape index (κ2) is 10.3. The van der Waals surface area contributed by atoms with Crippen molar-refractivity contribution in [3.05, 3.63) is 78.9 Å². The van der Waals surface area contributed by atoms with E-state index >= 15 is 0 Å². The van der Waals surface area contributed by atoms with Gasteiger partial charge >= 0.3 is 5.97 Å². The fourth-order valence-corrected chi connectivity index (χ4v) is 5.34. The zero-order valence-corrected chi connectivity index (χ0v) is 21.1. The summed E-state index contributed by atoms with van der Waals surface area (Å²) in [4.78, 5) is 15.7. The molecule has 0 saturated heterocycles. The SMILES string of the molecule is CC(C)(C)OC(=O)COc1cc(OC(C)(C)C)cc([S+](c2ccccc2)c2ccccc2)c1. The standard InChI is InChI=1S/C28H33O4S/c1-27(2,3)31-22-17-21(30-20-26(29)32-28(4,5)6)18-25(19-22)33(23-13-9-7-10-14-23)24-15-11-8-12-16-24/h7-19H,20H2,1-6H3/q+1. The minimum atomic E-state index is -0.560. The van der Waals surface area contributed by atoms with Crippen LogP contribution in [0.5, 0.6) is 11.5 Å². The molecule has 5 heteroatoms. The van der Waals surface area contributed by atoms with Crippen LogP contribution in [0.2, 0.25) is 0 Å². The second-order valence-electron chi connectivity index (χ2n) is 9.66. The van der Waals surface area contributed by atoms with Crippen LogP contribution in [0.3, 0.4) is 0 Å². The Kier molecular flexibility index (Phi) is 7.75. The van der Waals surface area contributed by atoms with E-state index in [1.165, 1.54) is 9.79 Å². The Morgan fingerprint density at radius 3 is 1.70 bits per heavy atom. The molecule has 0 atom stereocenters. The molecule has 0 fully saturated rings. The zero-order valence-electron chi connectivity index (χ0n) is 20.3. The third-order valence-electron chi connectivity index (χ3n) is 4.25. The maximum absolute atomic E-state index is 12.2. The van der Waals surface area contributed by atoms with Crippen molar-refractivity contribution < 1.29 is 19.0 Å². The van der Waals surface area contributed by atoms with Crippen LogP contribution in [-0.4, -0.2) is 23.8 Å². The first kappa shape index (κ1) is 24.7. The van der Waals surface area contributed by atoms with Crippen molar-refractivity contribution in [3.63, 3.8) is 0 Å². The summed E-state index contributed by atoms with van der Waals surface area (Å²) in [6.45, 7) is 11.4. The lowest BCUT2D eigenvalue weighted by atomic mass is 10.2. The molecule has 0 aliphatic carbocycles. The summed E-state index contributed by atoms with van der Waals surface area (Å²) in [5.74, 6) is 0.863. The van der Waals surface area contributed by atoms with Crippen molar-refractivity contribution in [1.82, 2.24) is 0 Å². The molecule has 0 heterocycles. The van der Waals surface area contributed by atoms with Crippen LogP contribution >= 0.6 is 0 Å². The molecule has 4 nitrogen and oxygen atoms in total. The average molecular weight is 466 g/mol. The van der Waals surface area contributed by atoms with Gasteiger partial charge in [0.2, 0.25) is 0 Å². The lowest BCUT2D eigenvalue weighted by Crippen LogP contribution is -2.27. The highest BCUT2D eigenvalue weighted by molar-refractivity contribution is 7.97. The maximum atomic E-state index is 12.2. The van der Waals surface area contributed by atoms with Crippen molar-refractivity contribution in [2.75, 3.05) is 6.61 Å². The minimum absolute atomic E-state index is 0.167. The molecule has 0 N–H and O–H groups in total. The summed E-state index contributed by atoms with van der Waals surface area (Å²) in [5.41, 5.74) is -0.935. The molecule has 0 aliphatic rings. The van der Waals surface area contributed by atoms with E-state index in [-0.39, 0.29) is 23.1 Å². The topological polar surface area (TPSA) is 44.8 Å². The molecule has 0 unspecified atom stereocenters. The Balaban J connectivity index is 2.01. The molecule has 0 saturated carbocycles. The molecule has 0 aliphatic heterocycles. The lowest BCUT2D eigenvalue weighted by Gasteiger charge is -2.22. The first-order valence-corrected chi connectivity index (χ1v) is 12.3. The molecule has 33 heavy (non-hydrogen) atoms. The quantitative estimate of drug-likeness (QED) is 0.288. The molecule has 0 spiro atoms. The highest BCUT2D eigenvalue weighted by Crippen LogP contribution is 2.36. The van der Waals surface area contributed by atoms with Gasteiger partial charge in [-0.1, -0.05) is 36.4 Å². The van der Waals surface area contributed by atoms with Gasteiger partial charge in [-0.05, 0) is 65.8 Å². The van der Waals surface area contributed by atoms with Gasteiger partial charge in [0, 0.05) is 18.2 Å². The van der Waals surface area contributed by atoms with Gasteiger partial charge in [-0.2, -0.15) is 0 Å². The van der Waals surface area contributed by atoms with Crippen molar-refractivity contribution in [1.29, 1.82) is 0 Å². The monoisotopic (exact) mass is 465 g/mol. The largest absolute Gasteiger partial charge is 0.488 e. The summed E-state index contributed by atoms with van der Waals surface area (Å²) >= 11 is 0. The number of hydrogen-bond acceptors (Lipinski definition) is 4. The smallest absolute Gasteiger partial charge is 0.344 e. The fraction of sp³-hybridized carbons (Fsp3) is 0.321. The third kappa shape index (κ3) is 7.86. The van der Waals surface area contributed by atoms with E-state index in [9.17, 15) is 4.79 Å². The molecule has 3 aromatic rings. The molecule has 0 bridgehead atoms. The summed E-state index contributed by atoms with van der Waals surface area (Å²) in [6.07, 6.45) is 0. The van der Waals surface area contributed by atoms with Crippen molar-refractivity contribution in [3.8, 4) is 11.5 Å². The Morgan fingerprint density at radius 1 is 0.697 bits per heavy atom. The van der Waals surface area contributed by atoms with E-state index in [1.54, 1.807) is 0 Å². The molecule has 174 valence electrons. The second-order valence-corrected chi connectivity index (χ2v) is 11.7. The first-order chi connectivity index (χ1) is 15.5. The van der Waals surface area contributed by atoms with Crippen LogP contribution in [0.4, 0.5) is 0 Å². The molecule has 0 amide bonds. The van der Waals surface area contributed by atoms with E-state index in [1.807, 2.05) is 90.1 Å². The molecule has 3 aromatic carbocycles. The maximum Gasteiger partial charge on any atom is 0.344 e. The predicted molar refractivity (Wildman–Crippen MR) is 133 cm³/mol. The van der Waals surface area contributed by atoms with E-state index in [0.29, 0.717) is 11.5 Å². The van der Waals surface area contributed by atoms with E-state index < -0.39 is 11.6 Å². The van der Waals surface area contributed by atoms with Gasteiger partial charge < -0.3 is 14.2 Å². The number of hydrogen-bond donors (Lipinski definition) is 0. The molecular formula is C28H33O4S+. The van der Waals surface area contributed by atoms with E-state index in [4.69, 9.17) is 14.2 Å². The van der Waals surface area contributed by atoms with Gasteiger partial charge in [0.15, 0.2) is 21.3 Å². The van der Waals surface area contributed by atoms with Crippen LogP contribution in [0, 0.1) is 0 Å². The average Bonchev–Trinajstić information content (AvgIpc) is 2.71.